The SMILES string of the molecule is Cc1cc(Cl)ccc1NCCC(=O)Nc1ccccc1OC(C)C. The van der Waals surface area contributed by atoms with E-state index in [1.54, 1.807) is 0 Å². The average molecular weight is 347 g/mol. The minimum absolute atomic E-state index is 0.0533. The minimum atomic E-state index is -0.0612. The monoisotopic (exact) mass is 346 g/mol. The van der Waals surface area contributed by atoms with E-state index in [1.807, 2.05) is 63.2 Å². The number of para-hydroxylation sites is 2. The molecule has 2 N–H and O–H groups in total. The molecule has 5 heteroatoms. The molecule has 0 aliphatic heterocycles. The number of amides is 1. The summed E-state index contributed by atoms with van der Waals surface area (Å²) in [5, 5.41) is 6.86. The predicted molar refractivity (Wildman–Crippen MR) is 100 cm³/mol. The summed E-state index contributed by atoms with van der Waals surface area (Å²) in [7, 11) is 0. The lowest BCUT2D eigenvalue weighted by atomic mass is 10.2. The van der Waals surface area contributed by atoms with Crippen molar-refractivity contribution in [2.24, 2.45) is 0 Å². The van der Waals surface area contributed by atoms with Crippen LogP contribution in [-0.4, -0.2) is 18.6 Å². The average Bonchev–Trinajstić information content (AvgIpc) is 2.51. The van der Waals surface area contributed by atoms with Crippen LogP contribution in [0.4, 0.5) is 11.4 Å². The first-order valence-electron chi connectivity index (χ1n) is 8.01. The molecule has 1 amide bonds. The second-order valence-corrected chi connectivity index (χ2v) is 6.28. The molecule has 0 unspecified atom stereocenters. The van der Waals surface area contributed by atoms with Crippen molar-refractivity contribution in [1.29, 1.82) is 0 Å². The topological polar surface area (TPSA) is 50.4 Å². The lowest BCUT2D eigenvalue weighted by molar-refractivity contribution is -0.116. The fourth-order valence-corrected chi connectivity index (χ4v) is 2.50. The van der Waals surface area contributed by atoms with Gasteiger partial charge in [-0.3, -0.25) is 4.79 Å². The molecule has 128 valence electrons. The first kappa shape index (κ1) is 18.1. The molecular formula is C19H23ClN2O2. The van der Waals surface area contributed by atoms with Crippen molar-refractivity contribution < 1.29 is 9.53 Å². The largest absolute Gasteiger partial charge is 0.489 e. The molecule has 2 rings (SSSR count). The Balaban J connectivity index is 1.87. The lowest BCUT2D eigenvalue weighted by Crippen LogP contribution is -2.17. The highest BCUT2D eigenvalue weighted by Gasteiger charge is 2.09. The number of halogens is 1. The van der Waals surface area contributed by atoms with Crippen LogP contribution in [0.25, 0.3) is 0 Å². The molecule has 0 heterocycles. The summed E-state index contributed by atoms with van der Waals surface area (Å²) in [4.78, 5) is 12.2. The summed E-state index contributed by atoms with van der Waals surface area (Å²) in [6, 6.07) is 13.1. The van der Waals surface area contributed by atoms with Gasteiger partial charge in [-0.05, 0) is 56.7 Å². The maximum absolute atomic E-state index is 12.2. The van der Waals surface area contributed by atoms with E-state index in [2.05, 4.69) is 10.6 Å². The smallest absolute Gasteiger partial charge is 0.226 e. The van der Waals surface area contributed by atoms with E-state index in [0.29, 0.717) is 29.4 Å². The van der Waals surface area contributed by atoms with E-state index in [4.69, 9.17) is 16.3 Å². The summed E-state index contributed by atoms with van der Waals surface area (Å²) in [6.45, 7) is 6.43. The molecule has 0 atom stereocenters. The van der Waals surface area contributed by atoms with Gasteiger partial charge in [-0.1, -0.05) is 23.7 Å². The van der Waals surface area contributed by atoms with E-state index < -0.39 is 0 Å². The van der Waals surface area contributed by atoms with Crippen molar-refractivity contribution in [2.75, 3.05) is 17.2 Å². The van der Waals surface area contributed by atoms with E-state index in [0.717, 1.165) is 11.3 Å². The third kappa shape index (κ3) is 5.46. The number of rotatable bonds is 7. The first-order chi connectivity index (χ1) is 11.5. The molecule has 0 spiro atoms. The van der Waals surface area contributed by atoms with Crippen molar-refractivity contribution in [3.05, 3.63) is 53.1 Å². The number of hydrogen-bond acceptors (Lipinski definition) is 3. The second-order valence-electron chi connectivity index (χ2n) is 5.85. The Bertz CT molecular complexity index is 702. The molecule has 0 bridgehead atoms. The van der Waals surface area contributed by atoms with Crippen LogP contribution in [0.3, 0.4) is 0 Å². The number of hydrogen-bond donors (Lipinski definition) is 2. The standard InChI is InChI=1S/C19H23ClN2O2/c1-13(2)24-18-7-5-4-6-17(18)22-19(23)10-11-21-16-9-8-15(20)12-14(16)3/h4-9,12-13,21H,10-11H2,1-3H3,(H,22,23). The van der Waals surface area contributed by atoms with E-state index >= 15 is 0 Å². The molecule has 0 fully saturated rings. The Hall–Kier alpha value is -2.20. The molecule has 0 aromatic heterocycles. The van der Waals surface area contributed by atoms with Crippen molar-refractivity contribution in [1.82, 2.24) is 0 Å². The number of benzene rings is 2. The normalized spacial score (nSPS) is 10.5. The van der Waals surface area contributed by atoms with Crippen LogP contribution in [0, 0.1) is 6.92 Å². The van der Waals surface area contributed by atoms with Crippen LogP contribution in [0.15, 0.2) is 42.5 Å². The second kappa shape index (κ2) is 8.60. The van der Waals surface area contributed by atoms with Gasteiger partial charge in [-0.15, -0.1) is 0 Å². The molecule has 4 nitrogen and oxygen atoms in total. The summed E-state index contributed by atoms with van der Waals surface area (Å²) in [6.07, 6.45) is 0.413. The lowest BCUT2D eigenvalue weighted by Gasteiger charge is -2.15. The number of carbonyl (C=O) groups excluding carboxylic acids is 1. The van der Waals surface area contributed by atoms with Crippen molar-refractivity contribution in [2.45, 2.75) is 33.3 Å². The highest BCUT2D eigenvalue weighted by atomic mass is 35.5. The molecule has 0 saturated carbocycles. The zero-order chi connectivity index (χ0) is 17.5. The Morgan fingerprint density at radius 2 is 1.92 bits per heavy atom. The van der Waals surface area contributed by atoms with E-state index in [9.17, 15) is 4.79 Å². The zero-order valence-corrected chi connectivity index (χ0v) is 15.0. The Kier molecular flexibility index (Phi) is 6.50. The van der Waals surface area contributed by atoms with Gasteiger partial charge in [0.05, 0.1) is 11.8 Å². The van der Waals surface area contributed by atoms with Gasteiger partial charge in [0, 0.05) is 23.7 Å². The molecule has 2 aromatic rings. The first-order valence-corrected chi connectivity index (χ1v) is 8.39. The van der Waals surface area contributed by atoms with Crippen LogP contribution in [0.1, 0.15) is 25.8 Å². The van der Waals surface area contributed by atoms with Gasteiger partial charge in [0.1, 0.15) is 5.75 Å². The van der Waals surface area contributed by atoms with Gasteiger partial charge in [0.15, 0.2) is 0 Å². The quantitative estimate of drug-likeness (QED) is 0.751. The third-order valence-electron chi connectivity index (χ3n) is 3.38. The fourth-order valence-electron chi connectivity index (χ4n) is 2.28. The highest BCUT2D eigenvalue weighted by Crippen LogP contribution is 2.25. The minimum Gasteiger partial charge on any atom is -0.489 e. The van der Waals surface area contributed by atoms with Crippen molar-refractivity contribution in [3.63, 3.8) is 0 Å². The van der Waals surface area contributed by atoms with Gasteiger partial charge in [0.25, 0.3) is 0 Å². The number of nitrogens with one attached hydrogen (secondary N) is 2. The number of ether oxygens (including phenoxy) is 1. The zero-order valence-electron chi connectivity index (χ0n) is 14.2. The molecule has 0 aliphatic rings. The highest BCUT2D eigenvalue weighted by molar-refractivity contribution is 6.30. The maximum Gasteiger partial charge on any atom is 0.226 e. The Morgan fingerprint density at radius 3 is 2.62 bits per heavy atom. The number of carbonyl (C=O) groups is 1. The van der Waals surface area contributed by atoms with E-state index in [-0.39, 0.29) is 12.0 Å². The van der Waals surface area contributed by atoms with Crippen LogP contribution in [0.5, 0.6) is 5.75 Å². The summed E-state index contributed by atoms with van der Waals surface area (Å²) >= 11 is 5.94. The van der Waals surface area contributed by atoms with Crippen LogP contribution >= 0.6 is 11.6 Å². The number of aryl methyl sites for hydroxylation is 1. The fraction of sp³-hybridized carbons (Fsp3) is 0.316. The molecule has 2 aromatic carbocycles. The molecular weight excluding hydrogens is 324 g/mol. The predicted octanol–water partition coefficient (Wildman–Crippen LogP) is 4.88. The summed E-state index contributed by atoms with van der Waals surface area (Å²) in [5.74, 6) is 0.622. The molecule has 0 radical (unpaired) electrons. The van der Waals surface area contributed by atoms with Crippen molar-refractivity contribution in [3.8, 4) is 5.75 Å². The van der Waals surface area contributed by atoms with Crippen LogP contribution < -0.4 is 15.4 Å². The van der Waals surface area contributed by atoms with Crippen LogP contribution in [-0.2, 0) is 4.79 Å². The molecule has 24 heavy (non-hydrogen) atoms. The summed E-state index contributed by atoms with van der Waals surface area (Å²) in [5.41, 5.74) is 2.73. The summed E-state index contributed by atoms with van der Waals surface area (Å²) < 4.78 is 5.70. The maximum atomic E-state index is 12.2. The molecule has 0 aliphatic carbocycles. The van der Waals surface area contributed by atoms with Gasteiger partial charge in [0.2, 0.25) is 5.91 Å². The van der Waals surface area contributed by atoms with Crippen molar-refractivity contribution >= 4 is 28.9 Å². The van der Waals surface area contributed by atoms with Gasteiger partial charge in [-0.25, -0.2) is 0 Å². The van der Waals surface area contributed by atoms with Gasteiger partial charge < -0.3 is 15.4 Å². The Labute approximate surface area is 148 Å². The number of anilines is 2. The van der Waals surface area contributed by atoms with Gasteiger partial charge in [-0.2, -0.15) is 0 Å². The van der Waals surface area contributed by atoms with E-state index in [1.165, 1.54) is 0 Å². The van der Waals surface area contributed by atoms with Crippen LogP contribution in [0.2, 0.25) is 5.02 Å². The third-order valence-corrected chi connectivity index (χ3v) is 3.61. The Morgan fingerprint density at radius 1 is 1.17 bits per heavy atom. The molecule has 0 saturated heterocycles. The van der Waals surface area contributed by atoms with Gasteiger partial charge >= 0.3 is 0 Å².